The van der Waals surface area contributed by atoms with E-state index in [1.165, 1.54) is 5.56 Å². The number of piperazine rings is 1. The predicted molar refractivity (Wildman–Crippen MR) is 95.2 cm³/mol. The Morgan fingerprint density at radius 2 is 1.88 bits per heavy atom. The zero-order valence-electron chi connectivity index (χ0n) is 15.2. The van der Waals surface area contributed by atoms with Crippen LogP contribution in [0, 0.1) is 0 Å². The quantitative estimate of drug-likeness (QED) is 0.742. The summed E-state index contributed by atoms with van der Waals surface area (Å²) in [7, 11) is 1.85. The number of ether oxygens (including phenoxy) is 1. The highest BCUT2D eigenvalue weighted by atomic mass is 16.6. The van der Waals surface area contributed by atoms with Gasteiger partial charge in [-0.3, -0.25) is 14.7 Å². The molecule has 2 amide bonds. The van der Waals surface area contributed by atoms with Crippen LogP contribution in [-0.2, 0) is 16.0 Å². The van der Waals surface area contributed by atoms with Gasteiger partial charge in [-0.2, -0.15) is 0 Å². The first kappa shape index (κ1) is 19.2. The molecule has 0 unspecified atom stereocenters. The van der Waals surface area contributed by atoms with Crippen LogP contribution in [0.15, 0.2) is 24.5 Å². The number of rotatable bonds is 7. The van der Waals surface area contributed by atoms with Crippen LogP contribution in [0.4, 0.5) is 4.79 Å². The van der Waals surface area contributed by atoms with E-state index in [0.717, 1.165) is 26.1 Å². The highest BCUT2D eigenvalue weighted by molar-refractivity contribution is 5.76. The molecule has 1 aromatic heterocycles. The van der Waals surface area contributed by atoms with Crippen molar-refractivity contribution in [1.29, 1.82) is 0 Å². The molecule has 2 heterocycles. The number of likely N-dealkylation sites (N-methyl/N-ethyl adjacent to an activating group) is 1. The van der Waals surface area contributed by atoms with Crippen LogP contribution in [0.1, 0.15) is 18.9 Å². The minimum Gasteiger partial charge on any atom is -0.450 e. The van der Waals surface area contributed by atoms with E-state index in [9.17, 15) is 9.59 Å². The van der Waals surface area contributed by atoms with Gasteiger partial charge in [0.1, 0.15) is 0 Å². The SMILES string of the molecule is CCOC(=O)N1CCN(CCC(=O)N(C)CCc2ccncc2)CC1. The van der Waals surface area contributed by atoms with Crippen LogP contribution >= 0.6 is 0 Å². The van der Waals surface area contributed by atoms with Gasteiger partial charge in [-0.15, -0.1) is 0 Å². The van der Waals surface area contributed by atoms with Crippen molar-refractivity contribution in [3.05, 3.63) is 30.1 Å². The Bertz CT molecular complexity index is 545. The first-order chi connectivity index (χ1) is 12.1. The average molecular weight is 348 g/mol. The normalized spacial score (nSPS) is 15.0. The smallest absolute Gasteiger partial charge is 0.409 e. The monoisotopic (exact) mass is 348 g/mol. The number of hydrogen-bond donors (Lipinski definition) is 0. The second kappa shape index (κ2) is 9.98. The lowest BCUT2D eigenvalue weighted by molar-refractivity contribution is -0.130. The van der Waals surface area contributed by atoms with Crippen LogP contribution in [-0.4, -0.2) is 84.6 Å². The van der Waals surface area contributed by atoms with Gasteiger partial charge in [0.05, 0.1) is 6.61 Å². The van der Waals surface area contributed by atoms with E-state index in [1.807, 2.05) is 26.1 Å². The van der Waals surface area contributed by atoms with Crippen LogP contribution < -0.4 is 0 Å². The molecule has 1 aliphatic rings. The minimum atomic E-state index is -0.242. The molecule has 0 bridgehead atoms. The summed E-state index contributed by atoms with van der Waals surface area (Å²) in [6, 6.07) is 3.95. The molecule has 1 fully saturated rings. The number of carbonyl (C=O) groups is 2. The van der Waals surface area contributed by atoms with E-state index >= 15 is 0 Å². The maximum atomic E-state index is 12.3. The lowest BCUT2D eigenvalue weighted by Crippen LogP contribution is -2.49. The molecule has 0 N–H and O–H groups in total. The third-order valence-electron chi connectivity index (χ3n) is 4.45. The van der Waals surface area contributed by atoms with E-state index in [4.69, 9.17) is 4.74 Å². The molecule has 0 spiro atoms. The fraction of sp³-hybridized carbons (Fsp3) is 0.611. The van der Waals surface area contributed by atoms with Crippen molar-refractivity contribution in [2.75, 3.05) is 52.9 Å². The highest BCUT2D eigenvalue weighted by Gasteiger charge is 2.22. The van der Waals surface area contributed by atoms with Gasteiger partial charge in [-0.25, -0.2) is 4.79 Å². The van der Waals surface area contributed by atoms with E-state index in [-0.39, 0.29) is 12.0 Å². The van der Waals surface area contributed by atoms with E-state index in [0.29, 0.717) is 32.7 Å². The lowest BCUT2D eigenvalue weighted by Gasteiger charge is -2.34. The fourth-order valence-corrected chi connectivity index (χ4v) is 2.78. The van der Waals surface area contributed by atoms with E-state index < -0.39 is 0 Å². The number of nitrogens with zero attached hydrogens (tertiary/aromatic N) is 4. The van der Waals surface area contributed by atoms with Gasteiger partial charge in [0.2, 0.25) is 5.91 Å². The van der Waals surface area contributed by atoms with Crippen LogP contribution in [0.3, 0.4) is 0 Å². The second-order valence-electron chi connectivity index (χ2n) is 6.20. The van der Waals surface area contributed by atoms with Crippen molar-refractivity contribution in [3.63, 3.8) is 0 Å². The zero-order valence-corrected chi connectivity index (χ0v) is 15.2. The first-order valence-corrected chi connectivity index (χ1v) is 8.87. The Labute approximate surface area is 149 Å². The molecule has 0 aromatic carbocycles. The third kappa shape index (κ3) is 6.34. The number of aromatic nitrogens is 1. The van der Waals surface area contributed by atoms with Crippen molar-refractivity contribution in [2.45, 2.75) is 19.8 Å². The molecule has 1 aliphatic heterocycles. The van der Waals surface area contributed by atoms with Crippen LogP contribution in [0.5, 0.6) is 0 Å². The Hall–Kier alpha value is -2.15. The van der Waals surface area contributed by atoms with Gasteiger partial charge in [-0.05, 0) is 31.0 Å². The largest absolute Gasteiger partial charge is 0.450 e. The van der Waals surface area contributed by atoms with Crippen molar-refractivity contribution in [2.24, 2.45) is 0 Å². The highest BCUT2D eigenvalue weighted by Crippen LogP contribution is 2.06. The second-order valence-corrected chi connectivity index (χ2v) is 6.20. The molecule has 0 aliphatic carbocycles. The molecule has 25 heavy (non-hydrogen) atoms. The van der Waals surface area contributed by atoms with E-state index in [2.05, 4.69) is 9.88 Å². The molecular weight excluding hydrogens is 320 g/mol. The molecule has 7 nitrogen and oxygen atoms in total. The Balaban J connectivity index is 1.64. The summed E-state index contributed by atoms with van der Waals surface area (Å²) in [5.41, 5.74) is 1.18. The van der Waals surface area contributed by atoms with E-state index in [1.54, 1.807) is 22.2 Å². The van der Waals surface area contributed by atoms with Gasteiger partial charge >= 0.3 is 6.09 Å². The maximum Gasteiger partial charge on any atom is 0.409 e. The summed E-state index contributed by atoms with van der Waals surface area (Å²) in [6.07, 6.45) is 4.64. The molecule has 0 saturated carbocycles. The number of carbonyl (C=O) groups excluding carboxylic acids is 2. The van der Waals surface area contributed by atoms with Gasteiger partial charge < -0.3 is 14.5 Å². The zero-order chi connectivity index (χ0) is 18.1. The summed E-state index contributed by atoms with van der Waals surface area (Å²) in [5.74, 6) is 0.155. The average Bonchev–Trinajstić information content (AvgIpc) is 2.65. The van der Waals surface area contributed by atoms with Gasteiger partial charge in [0.15, 0.2) is 0 Å². The molecule has 0 atom stereocenters. The van der Waals surface area contributed by atoms with Gasteiger partial charge in [0, 0.05) is 65.1 Å². The molecule has 138 valence electrons. The maximum absolute atomic E-state index is 12.3. The fourth-order valence-electron chi connectivity index (χ4n) is 2.78. The molecule has 1 saturated heterocycles. The standard InChI is InChI=1S/C18H28N4O3/c1-3-25-18(24)22-14-12-21(13-15-22)11-7-17(23)20(2)10-6-16-4-8-19-9-5-16/h4-5,8-9H,3,6-7,10-15H2,1-2H3. The van der Waals surface area contributed by atoms with Crippen molar-refractivity contribution < 1.29 is 14.3 Å². The summed E-state index contributed by atoms with van der Waals surface area (Å²) in [4.78, 5) is 33.7. The topological polar surface area (TPSA) is 66.0 Å². The number of pyridine rings is 1. The van der Waals surface area contributed by atoms with Crippen molar-refractivity contribution in [1.82, 2.24) is 19.7 Å². The summed E-state index contributed by atoms with van der Waals surface area (Å²) in [5, 5.41) is 0. The summed E-state index contributed by atoms with van der Waals surface area (Å²) >= 11 is 0. The van der Waals surface area contributed by atoms with Gasteiger partial charge in [-0.1, -0.05) is 0 Å². The molecule has 7 heteroatoms. The predicted octanol–water partition coefficient (Wildman–Crippen LogP) is 1.25. The number of amides is 2. The molecule has 1 aromatic rings. The van der Waals surface area contributed by atoms with Crippen LogP contribution in [0.25, 0.3) is 0 Å². The van der Waals surface area contributed by atoms with Gasteiger partial charge in [0.25, 0.3) is 0 Å². The Morgan fingerprint density at radius 3 is 2.52 bits per heavy atom. The Kier molecular flexibility index (Phi) is 7.66. The summed E-state index contributed by atoms with van der Waals surface area (Å²) in [6.45, 7) is 6.54. The molecule has 2 rings (SSSR count). The molecule has 0 radical (unpaired) electrons. The third-order valence-corrected chi connectivity index (χ3v) is 4.45. The molecular formula is C18H28N4O3. The van der Waals surface area contributed by atoms with Crippen LogP contribution in [0.2, 0.25) is 0 Å². The summed E-state index contributed by atoms with van der Waals surface area (Å²) < 4.78 is 5.01. The van der Waals surface area contributed by atoms with Crippen molar-refractivity contribution >= 4 is 12.0 Å². The van der Waals surface area contributed by atoms with Crippen molar-refractivity contribution in [3.8, 4) is 0 Å². The minimum absolute atomic E-state index is 0.155. The Morgan fingerprint density at radius 1 is 1.20 bits per heavy atom. The first-order valence-electron chi connectivity index (χ1n) is 8.87. The number of hydrogen-bond acceptors (Lipinski definition) is 5. The lowest BCUT2D eigenvalue weighted by atomic mass is 10.2.